The smallest absolute Gasteiger partial charge is 0.245 e. The van der Waals surface area contributed by atoms with Crippen molar-refractivity contribution in [2.24, 2.45) is 17.8 Å². The van der Waals surface area contributed by atoms with Gasteiger partial charge >= 0.3 is 0 Å². The first-order valence-electron chi connectivity index (χ1n) is 20.9. The number of carbonyl (C=O) groups excluding carboxylic acids is 5. The monoisotopic (exact) mass is 823 g/mol. The quantitative estimate of drug-likeness (QED) is 0.126. The molecule has 0 spiro atoms. The van der Waals surface area contributed by atoms with Crippen LogP contribution in [0.3, 0.4) is 0 Å². The van der Waals surface area contributed by atoms with Crippen LogP contribution in [0.15, 0.2) is 59.5 Å². The van der Waals surface area contributed by atoms with Gasteiger partial charge < -0.3 is 30.5 Å². The van der Waals surface area contributed by atoms with E-state index in [9.17, 15) is 24.0 Å². The van der Waals surface area contributed by atoms with E-state index in [1.807, 2.05) is 106 Å². The van der Waals surface area contributed by atoms with E-state index in [4.69, 9.17) is 4.74 Å². The van der Waals surface area contributed by atoms with Gasteiger partial charge in [-0.3, -0.25) is 28.9 Å². The first-order chi connectivity index (χ1) is 27.5. The molecule has 1 fully saturated rings. The number of nitrogens with one attached hydrogen (secondary N) is 3. The first kappa shape index (κ1) is 48.4. The Morgan fingerprint density at radius 2 is 1.57 bits per heavy atom. The fraction of sp³-hybridized carbons (Fsp3) is 0.622. The van der Waals surface area contributed by atoms with Gasteiger partial charge in [0.15, 0.2) is 0 Å². The average molecular weight is 823 g/mol. The number of likely N-dealkylation sites (tertiary alicyclic amines) is 1. The van der Waals surface area contributed by atoms with Gasteiger partial charge in [-0.2, -0.15) is 0 Å². The Morgan fingerprint density at radius 1 is 0.914 bits per heavy atom. The van der Waals surface area contributed by atoms with Gasteiger partial charge in [0, 0.05) is 62.5 Å². The summed E-state index contributed by atoms with van der Waals surface area (Å²) in [6, 6.07) is 15.8. The summed E-state index contributed by atoms with van der Waals surface area (Å²) in [6.07, 6.45) is 2.67. The molecule has 0 saturated carbocycles. The number of hydrogen-bond acceptors (Lipinski definition) is 8. The lowest BCUT2D eigenvalue weighted by atomic mass is 9.89. The highest BCUT2D eigenvalue weighted by Gasteiger charge is 2.41. The van der Waals surface area contributed by atoms with Crippen LogP contribution in [-0.2, 0) is 35.1 Å². The molecule has 0 aromatic heterocycles. The number of rotatable bonds is 22. The van der Waals surface area contributed by atoms with Crippen LogP contribution in [0.25, 0.3) is 0 Å². The molecule has 1 aliphatic heterocycles. The Kier molecular flexibility index (Phi) is 19.7. The number of carbonyl (C=O) groups is 5. The topological polar surface area (TPSA) is 140 Å². The second-order valence-corrected chi connectivity index (χ2v) is 17.9. The number of anilines is 1. The fourth-order valence-corrected chi connectivity index (χ4v) is 9.43. The van der Waals surface area contributed by atoms with Crippen LogP contribution in [0.2, 0.25) is 0 Å². The third-order valence-electron chi connectivity index (χ3n) is 11.2. The van der Waals surface area contributed by atoms with Crippen LogP contribution in [-0.4, -0.2) is 121 Å². The number of likely N-dealkylation sites (N-methyl/N-ethyl adjacent to an activating group) is 2. The zero-order chi connectivity index (χ0) is 43.1. The van der Waals surface area contributed by atoms with Crippen molar-refractivity contribution in [1.29, 1.82) is 0 Å². The minimum absolute atomic E-state index is 0.0156. The zero-order valence-electron chi connectivity index (χ0n) is 36.7. The van der Waals surface area contributed by atoms with E-state index >= 15 is 0 Å². The molecule has 5 amide bonds. The van der Waals surface area contributed by atoms with Crippen LogP contribution < -0.4 is 16.0 Å². The lowest BCUT2D eigenvalue weighted by Gasteiger charge is -2.41. The van der Waals surface area contributed by atoms with Gasteiger partial charge in [-0.15, -0.1) is 11.8 Å². The number of benzene rings is 2. The Hall–Kier alpha value is -3.94. The van der Waals surface area contributed by atoms with Crippen molar-refractivity contribution >= 4 is 47.0 Å². The predicted octanol–water partition coefficient (Wildman–Crippen LogP) is 5.85. The molecule has 3 rings (SSSR count). The van der Waals surface area contributed by atoms with Crippen molar-refractivity contribution in [3.05, 3.63) is 60.2 Å². The SMILES string of the molecule is CCC(C)C(C(CC(=O)N1CCCC1C(CC(=O)NCCc1ccccc1)Sc1ccc(NC(C)=O)cc1)OC)N(C)C(=O)C(NC(=O)C(C(C)C)N(C)C)C(C)C. The van der Waals surface area contributed by atoms with Gasteiger partial charge in [-0.05, 0) is 80.9 Å². The highest BCUT2D eigenvalue weighted by Crippen LogP contribution is 2.36. The van der Waals surface area contributed by atoms with Crippen LogP contribution in [0, 0.1) is 17.8 Å². The maximum absolute atomic E-state index is 14.5. The summed E-state index contributed by atoms with van der Waals surface area (Å²) in [5, 5.41) is 8.72. The van der Waals surface area contributed by atoms with Gasteiger partial charge in [0.2, 0.25) is 29.5 Å². The summed E-state index contributed by atoms with van der Waals surface area (Å²) in [5.74, 6) is -0.876. The van der Waals surface area contributed by atoms with E-state index in [1.54, 1.807) is 30.8 Å². The number of amides is 5. The lowest BCUT2D eigenvalue weighted by Crippen LogP contribution is -2.59. The average Bonchev–Trinajstić information content (AvgIpc) is 3.67. The van der Waals surface area contributed by atoms with Crippen molar-refractivity contribution in [3.63, 3.8) is 0 Å². The molecule has 0 bridgehead atoms. The van der Waals surface area contributed by atoms with Crippen LogP contribution in [0.4, 0.5) is 5.69 Å². The summed E-state index contributed by atoms with van der Waals surface area (Å²) in [4.78, 5) is 73.9. The van der Waals surface area contributed by atoms with Crippen molar-refractivity contribution < 1.29 is 28.7 Å². The summed E-state index contributed by atoms with van der Waals surface area (Å²) in [7, 11) is 7.06. The summed E-state index contributed by atoms with van der Waals surface area (Å²) < 4.78 is 6.10. The first-order valence-corrected chi connectivity index (χ1v) is 21.8. The van der Waals surface area contributed by atoms with E-state index < -0.39 is 24.2 Å². The third kappa shape index (κ3) is 14.1. The normalized spacial score (nSPS) is 17.3. The molecule has 7 unspecified atom stereocenters. The van der Waals surface area contributed by atoms with Crippen molar-refractivity contribution in [1.82, 2.24) is 25.3 Å². The number of methoxy groups -OCH3 is 1. The van der Waals surface area contributed by atoms with E-state index in [2.05, 4.69) is 29.8 Å². The second-order valence-electron chi connectivity index (χ2n) is 16.6. The molecule has 2 aromatic carbocycles. The van der Waals surface area contributed by atoms with Crippen molar-refractivity contribution in [3.8, 4) is 0 Å². The molecule has 7 atom stereocenters. The van der Waals surface area contributed by atoms with E-state index in [0.717, 1.165) is 29.7 Å². The summed E-state index contributed by atoms with van der Waals surface area (Å²) >= 11 is 1.57. The lowest BCUT2D eigenvalue weighted by molar-refractivity contribution is -0.146. The minimum atomic E-state index is -0.759. The number of nitrogens with zero attached hydrogens (tertiary/aromatic N) is 3. The molecule has 3 N–H and O–H groups in total. The van der Waals surface area contributed by atoms with Crippen LogP contribution >= 0.6 is 11.8 Å². The largest absolute Gasteiger partial charge is 0.379 e. The standard InChI is InChI=1S/C45H70N6O6S/c1-12-31(6)43(50(10)45(56)41(29(2)3)48-44(55)42(30(4)5)49(8)9)37(57-11)27-40(54)51-26-16-19-36(51)38(58-35-22-20-34(21-23-35)47-32(7)52)28-39(53)46-25-24-33-17-14-13-15-18-33/h13-15,17-18,20-23,29-31,36-38,41-43H,12,16,19,24-28H2,1-11H3,(H,46,53)(H,47,52)(H,48,55). The van der Waals surface area contributed by atoms with E-state index in [0.29, 0.717) is 25.2 Å². The van der Waals surface area contributed by atoms with Gasteiger partial charge in [0.25, 0.3) is 0 Å². The Balaban J connectivity index is 1.84. The molecule has 12 nitrogen and oxygen atoms in total. The summed E-state index contributed by atoms with van der Waals surface area (Å²) in [6.45, 7) is 14.5. The van der Waals surface area contributed by atoms with E-state index in [-0.39, 0.29) is 71.4 Å². The molecule has 1 heterocycles. The van der Waals surface area contributed by atoms with E-state index in [1.165, 1.54) is 6.92 Å². The molecule has 2 aromatic rings. The maximum atomic E-state index is 14.5. The zero-order valence-corrected chi connectivity index (χ0v) is 37.6. The van der Waals surface area contributed by atoms with Crippen LogP contribution in [0.5, 0.6) is 0 Å². The summed E-state index contributed by atoms with van der Waals surface area (Å²) in [5.41, 5.74) is 1.83. The fourth-order valence-electron chi connectivity index (χ4n) is 8.11. The molecular weight excluding hydrogens is 753 g/mol. The highest BCUT2D eigenvalue weighted by molar-refractivity contribution is 8.00. The minimum Gasteiger partial charge on any atom is -0.379 e. The number of hydrogen-bond donors (Lipinski definition) is 3. The Labute approximate surface area is 351 Å². The van der Waals surface area contributed by atoms with Crippen molar-refractivity contribution in [2.75, 3.05) is 46.7 Å². The van der Waals surface area contributed by atoms with Gasteiger partial charge in [0.05, 0.1) is 24.6 Å². The Bertz CT molecular complexity index is 1610. The Morgan fingerprint density at radius 3 is 2.12 bits per heavy atom. The van der Waals surface area contributed by atoms with Gasteiger partial charge in [0.1, 0.15) is 6.04 Å². The van der Waals surface area contributed by atoms with Gasteiger partial charge in [-0.25, -0.2) is 0 Å². The third-order valence-corrected chi connectivity index (χ3v) is 12.6. The molecule has 1 aliphatic rings. The number of thioether (sulfide) groups is 1. The van der Waals surface area contributed by atoms with Gasteiger partial charge in [-0.1, -0.05) is 78.3 Å². The number of ether oxygens (including phenoxy) is 1. The molecule has 13 heteroatoms. The molecule has 58 heavy (non-hydrogen) atoms. The molecular formula is C45H70N6O6S. The molecule has 0 aliphatic carbocycles. The highest BCUT2D eigenvalue weighted by atomic mass is 32.2. The van der Waals surface area contributed by atoms with Crippen LogP contribution in [0.1, 0.15) is 86.1 Å². The molecule has 322 valence electrons. The maximum Gasteiger partial charge on any atom is 0.245 e. The molecule has 0 radical (unpaired) electrons. The molecule has 1 saturated heterocycles. The predicted molar refractivity (Wildman–Crippen MR) is 233 cm³/mol. The van der Waals surface area contributed by atoms with Crippen molar-refractivity contribution in [2.45, 2.75) is 127 Å². The second kappa shape index (κ2) is 23.6.